The number of methoxy groups -OCH3 is 1. The van der Waals surface area contributed by atoms with Crippen molar-refractivity contribution in [3.05, 3.63) is 29.3 Å². The molecule has 0 fully saturated rings. The van der Waals surface area contributed by atoms with Gasteiger partial charge in [-0.05, 0) is 17.7 Å². The van der Waals surface area contributed by atoms with Crippen molar-refractivity contribution in [2.75, 3.05) is 12.9 Å². The number of carbonyl (C=O) groups is 1. The van der Waals surface area contributed by atoms with Gasteiger partial charge >= 0.3 is 5.97 Å². The first-order valence-corrected chi connectivity index (χ1v) is 6.19. The van der Waals surface area contributed by atoms with Crippen LogP contribution < -0.4 is 4.74 Å². The van der Waals surface area contributed by atoms with Crippen molar-refractivity contribution in [2.24, 2.45) is 0 Å². The summed E-state index contributed by atoms with van der Waals surface area (Å²) in [6.45, 7) is 0. The average molecular weight is 251 g/mol. The van der Waals surface area contributed by atoms with Crippen molar-refractivity contribution in [3.8, 4) is 11.8 Å². The van der Waals surface area contributed by atoms with E-state index >= 15 is 0 Å². The second-order valence-electron chi connectivity index (χ2n) is 3.34. The third-order valence-corrected chi connectivity index (χ3v) is 3.14. The van der Waals surface area contributed by atoms with Crippen LogP contribution in [0.2, 0.25) is 0 Å². The molecule has 1 aromatic carbocycles. The van der Waals surface area contributed by atoms with E-state index in [1.165, 1.54) is 18.9 Å². The Morgan fingerprint density at radius 1 is 1.59 bits per heavy atom. The van der Waals surface area contributed by atoms with E-state index < -0.39 is 5.97 Å². The van der Waals surface area contributed by atoms with Crippen molar-refractivity contribution in [2.45, 2.75) is 12.2 Å². The normalized spacial score (nSPS) is 9.65. The number of benzene rings is 1. The van der Waals surface area contributed by atoms with Crippen LogP contribution in [0.25, 0.3) is 0 Å². The van der Waals surface area contributed by atoms with Crippen LogP contribution in [-0.2, 0) is 10.5 Å². The predicted octanol–water partition coefficient (Wildman–Crippen LogP) is 2.27. The molecule has 1 rings (SSSR count). The quantitative estimate of drug-likeness (QED) is 0.785. The average Bonchev–Trinajstić information content (AvgIpc) is 2.34. The van der Waals surface area contributed by atoms with Crippen molar-refractivity contribution in [1.82, 2.24) is 0 Å². The summed E-state index contributed by atoms with van der Waals surface area (Å²) in [4.78, 5) is 10.3. The maximum atomic E-state index is 10.3. The van der Waals surface area contributed by atoms with Gasteiger partial charge in [0.2, 0.25) is 0 Å². The summed E-state index contributed by atoms with van der Waals surface area (Å²) < 4.78 is 5.04. The van der Waals surface area contributed by atoms with Gasteiger partial charge in [0.05, 0.1) is 19.1 Å². The van der Waals surface area contributed by atoms with Crippen LogP contribution in [0, 0.1) is 11.3 Å². The molecule has 0 radical (unpaired) electrons. The van der Waals surface area contributed by atoms with Gasteiger partial charge in [-0.3, -0.25) is 4.79 Å². The number of rotatable bonds is 6. The fraction of sp³-hybridized carbons (Fsp3) is 0.333. The first-order valence-electron chi connectivity index (χ1n) is 5.04. The summed E-state index contributed by atoms with van der Waals surface area (Å²) in [5, 5.41) is 17.4. The Labute approximate surface area is 104 Å². The monoisotopic (exact) mass is 251 g/mol. The van der Waals surface area contributed by atoms with Crippen LogP contribution in [0.3, 0.4) is 0 Å². The maximum absolute atomic E-state index is 10.3. The Bertz CT molecular complexity index is 440. The largest absolute Gasteiger partial charge is 0.495 e. The molecule has 0 amide bonds. The van der Waals surface area contributed by atoms with Crippen molar-refractivity contribution < 1.29 is 14.6 Å². The zero-order valence-electron chi connectivity index (χ0n) is 9.47. The summed E-state index contributed by atoms with van der Waals surface area (Å²) >= 11 is 1.54. The summed E-state index contributed by atoms with van der Waals surface area (Å²) in [6.07, 6.45) is 0.159. The molecular weight excluding hydrogens is 238 g/mol. The summed E-state index contributed by atoms with van der Waals surface area (Å²) in [5.41, 5.74) is 1.50. The highest BCUT2D eigenvalue weighted by atomic mass is 32.2. The molecule has 0 spiro atoms. The Morgan fingerprint density at radius 3 is 2.94 bits per heavy atom. The molecule has 5 heteroatoms. The molecule has 0 atom stereocenters. The van der Waals surface area contributed by atoms with Gasteiger partial charge in [0.25, 0.3) is 0 Å². The lowest BCUT2D eigenvalue weighted by Crippen LogP contribution is -1.96. The number of hydrogen-bond donors (Lipinski definition) is 1. The van der Waals surface area contributed by atoms with E-state index in [4.69, 9.17) is 15.1 Å². The van der Waals surface area contributed by atoms with Gasteiger partial charge in [-0.1, -0.05) is 6.07 Å². The van der Waals surface area contributed by atoms with Crippen LogP contribution in [-0.4, -0.2) is 23.9 Å². The zero-order chi connectivity index (χ0) is 12.7. The van der Waals surface area contributed by atoms with Gasteiger partial charge in [-0.25, -0.2) is 0 Å². The number of hydrogen-bond acceptors (Lipinski definition) is 4. The van der Waals surface area contributed by atoms with Gasteiger partial charge in [0, 0.05) is 11.5 Å². The highest BCUT2D eigenvalue weighted by molar-refractivity contribution is 7.98. The number of nitrogens with zero attached hydrogens (tertiary/aromatic N) is 1. The first-order chi connectivity index (χ1) is 8.17. The van der Waals surface area contributed by atoms with Crippen LogP contribution >= 0.6 is 11.8 Å². The number of thioether (sulfide) groups is 1. The van der Waals surface area contributed by atoms with E-state index in [0.717, 1.165) is 5.56 Å². The lowest BCUT2D eigenvalue weighted by atomic mass is 10.1. The Balaban J connectivity index is 2.55. The van der Waals surface area contributed by atoms with Crippen LogP contribution in [0.5, 0.6) is 5.75 Å². The van der Waals surface area contributed by atoms with Gasteiger partial charge in [0.1, 0.15) is 11.8 Å². The summed E-state index contributed by atoms with van der Waals surface area (Å²) in [5.74, 6) is 1.05. The summed E-state index contributed by atoms with van der Waals surface area (Å²) in [7, 11) is 1.53. The standard InChI is InChI=1S/C12H13NO3S/c1-16-11-3-2-9(6-10(11)7-13)8-17-5-4-12(14)15/h2-3,6H,4-5,8H2,1H3,(H,14,15). The molecule has 0 unspecified atom stereocenters. The molecule has 0 heterocycles. The second kappa shape index (κ2) is 6.81. The van der Waals surface area contributed by atoms with Crippen molar-refractivity contribution in [3.63, 3.8) is 0 Å². The van der Waals surface area contributed by atoms with Gasteiger partial charge < -0.3 is 9.84 Å². The van der Waals surface area contributed by atoms with E-state index in [-0.39, 0.29) is 6.42 Å². The zero-order valence-corrected chi connectivity index (χ0v) is 10.3. The number of nitriles is 1. The van der Waals surface area contributed by atoms with Gasteiger partial charge in [-0.2, -0.15) is 17.0 Å². The number of aliphatic carboxylic acids is 1. The SMILES string of the molecule is COc1ccc(CSCCC(=O)O)cc1C#N. The van der Waals surface area contributed by atoms with Crippen molar-refractivity contribution >= 4 is 17.7 Å². The van der Waals surface area contributed by atoms with Gasteiger partial charge in [0.15, 0.2) is 0 Å². The molecule has 0 saturated carbocycles. The second-order valence-corrected chi connectivity index (χ2v) is 4.45. The van der Waals surface area contributed by atoms with E-state index in [0.29, 0.717) is 22.8 Å². The molecule has 1 N–H and O–H groups in total. The van der Waals surface area contributed by atoms with Gasteiger partial charge in [-0.15, -0.1) is 0 Å². The van der Waals surface area contributed by atoms with E-state index in [2.05, 4.69) is 6.07 Å². The number of carboxylic acid groups (broad SMARTS) is 1. The molecule has 0 saturated heterocycles. The molecule has 0 bridgehead atoms. The lowest BCUT2D eigenvalue weighted by Gasteiger charge is -2.05. The van der Waals surface area contributed by atoms with Crippen LogP contribution in [0.1, 0.15) is 17.5 Å². The minimum absolute atomic E-state index is 0.159. The molecule has 0 aliphatic carbocycles. The van der Waals surface area contributed by atoms with E-state index in [9.17, 15) is 4.79 Å². The smallest absolute Gasteiger partial charge is 0.304 e. The molecule has 0 aromatic heterocycles. The fourth-order valence-electron chi connectivity index (χ4n) is 1.28. The predicted molar refractivity (Wildman–Crippen MR) is 66.1 cm³/mol. The summed E-state index contributed by atoms with van der Waals surface area (Å²) in [6, 6.07) is 7.48. The number of ether oxygens (including phenoxy) is 1. The first kappa shape index (κ1) is 13.4. The van der Waals surface area contributed by atoms with Crippen LogP contribution in [0.15, 0.2) is 18.2 Å². The third kappa shape index (κ3) is 4.37. The topological polar surface area (TPSA) is 70.3 Å². The molecule has 1 aromatic rings. The highest BCUT2D eigenvalue weighted by Gasteiger charge is 2.04. The van der Waals surface area contributed by atoms with Crippen LogP contribution in [0.4, 0.5) is 0 Å². The van der Waals surface area contributed by atoms with E-state index in [1.807, 2.05) is 6.07 Å². The molecule has 0 aliphatic heterocycles. The highest BCUT2D eigenvalue weighted by Crippen LogP contribution is 2.21. The Kier molecular flexibility index (Phi) is 5.37. The maximum Gasteiger partial charge on any atom is 0.304 e. The number of carboxylic acids is 1. The molecule has 4 nitrogen and oxygen atoms in total. The Morgan fingerprint density at radius 2 is 2.35 bits per heavy atom. The fourth-order valence-corrected chi connectivity index (χ4v) is 2.16. The Hall–Kier alpha value is -1.67. The molecular formula is C12H13NO3S. The lowest BCUT2D eigenvalue weighted by molar-refractivity contribution is -0.136. The minimum Gasteiger partial charge on any atom is -0.495 e. The third-order valence-electron chi connectivity index (χ3n) is 2.11. The van der Waals surface area contributed by atoms with Crippen molar-refractivity contribution in [1.29, 1.82) is 5.26 Å². The minimum atomic E-state index is -0.787. The molecule has 0 aliphatic rings. The van der Waals surface area contributed by atoms with E-state index in [1.54, 1.807) is 12.1 Å². The molecule has 90 valence electrons. The molecule has 17 heavy (non-hydrogen) atoms.